The van der Waals surface area contributed by atoms with Crippen LogP contribution in [0.15, 0.2) is 24.9 Å². The summed E-state index contributed by atoms with van der Waals surface area (Å²) in [6, 6.07) is 1.96. The van der Waals surface area contributed by atoms with Crippen LogP contribution in [-0.4, -0.2) is 40.3 Å². The Hall–Kier alpha value is -1.62. The van der Waals surface area contributed by atoms with Gasteiger partial charge in [-0.2, -0.15) is 5.10 Å². The van der Waals surface area contributed by atoms with Crippen molar-refractivity contribution >= 4 is 5.91 Å². The van der Waals surface area contributed by atoms with Crippen LogP contribution in [0, 0.1) is 5.92 Å². The van der Waals surface area contributed by atoms with Crippen LogP contribution in [0.4, 0.5) is 0 Å². The van der Waals surface area contributed by atoms with Crippen molar-refractivity contribution < 1.29 is 9.53 Å². The number of rotatable bonds is 4. The third kappa shape index (κ3) is 2.98. The smallest absolute Gasteiger partial charge is 0.219 e. The highest BCUT2D eigenvalue weighted by atomic mass is 16.5. The number of carbonyl (C=O) groups is 1. The van der Waals surface area contributed by atoms with E-state index in [9.17, 15) is 4.79 Å². The molecule has 1 amide bonds. The zero-order valence-electron chi connectivity index (χ0n) is 10.7. The van der Waals surface area contributed by atoms with Gasteiger partial charge in [0.1, 0.15) is 0 Å². The van der Waals surface area contributed by atoms with Crippen LogP contribution < -0.4 is 0 Å². The predicted molar refractivity (Wildman–Crippen MR) is 67.8 cm³/mol. The lowest BCUT2D eigenvalue weighted by atomic mass is 10.1. The number of aromatic nitrogens is 2. The maximum absolute atomic E-state index is 11.6. The Morgan fingerprint density at radius 2 is 2.50 bits per heavy atom. The molecule has 0 N–H and O–H groups in total. The first-order valence-corrected chi connectivity index (χ1v) is 6.15. The van der Waals surface area contributed by atoms with Gasteiger partial charge in [-0.1, -0.05) is 6.08 Å². The standard InChI is InChI=1S/C13H19N3O2/c1-3-6-18-10-12-7-15(11(2)17)9-13-4-5-14-16(13)8-12/h3-5,12H,1,6-10H2,2H3. The van der Waals surface area contributed by atoms with Gasteiger partial charge in [0.25, 0.3) is 0 Å². The highest BCUT2D eigenvalue weighted by Crippen LogP contribution is 2.16. The van der Waals surface area contributed by atoms with Crippen molar-refractivity contribution in [1.82, 2.24) is 14.7 Å². The minimum atomic E-state index is 0.0957. The molecule has 0 aromatic carbocycles. The van der Waals surface area contributed by atoms with Gasteiger partial charge < -0.3 is 9.64 Å². The monoisotopic (exact) mass is 249 g/mol. The van der Waals surface area contributed by atoms with E-state index in [4.69, 9.17) is 4.74 Å². The van der Waals surface area contributed by atoms with E-state index in [-0.39, 0.29) is 11.8 Å². The van der Waals surface area contributed by atoms with Crippen molar-refractivity contribution in [3.05, 3.63) is 30.6 Å². The van der Waals surface area contributed by atoms with Crippen molar-refractivity contribution in [3.8, 4) is 0 Å². The summed E-state index contributed by atoms with van der Waals surface area (Å²) in [5.74, 6) is 0.369. The van der Waals surface area contributed by atoms with Crippen LogP contribution in [0.5, 0.6) is 0 Å². The van der Waals surface area contributed by atoms with E-state index in [2.05, 4.69) is 11.7 Å². The predicted octanol–water partition coefficient (Wildman–Crippen LogP) is 1.06. The van der Waals surface area contributed by atoms with Gasteiger partial charge in [-0.3, -0.25) is 9.48 Å². The number of amides is 1. The molecule has 0 spiro atoms. The van der Waals surface area contributed by atoms with E-state index >= 15 is 0 Å². The highest BCUT2D eigenvalue weighted by molar-refractivity contribution is 5.73. The second kappa shape index (κ2) is 5.82. The zero-order valence-corrected chi connectivity index (χ0v) is 10.7. The molecule has 18 heavy (non-hydrogen) atoms. The number of hydrogen-bond donors (Lipinski definition) is 0. The van der Waals surface area contributed by atoms with Gasteiger partial charge in [0.05, 0.1) is 25.5 Å². The summed E-state index contributed by atoms with van der Waals surface area (Å²) in [5, 5.41) is 4.29. The van der Waals surface area contributed by atoms with E-state index in [1.807, 2.05) is 15.6 Å². The Bertz CT molecular complexity index is 428. The average Bonchev–Trinajstić information content (AvgIpc) is 2.68. The number of ether oxygens (including phenoxy) is 1. The molecule has 1 aromatic heterocycles. The fourth-order valence-electron chi connectivity index (χ4n) is 2.20. The lowest BCUT2D eigenvalue weighted by Crippen LogP contribution is -2.33. The van der Waals surface area contributed by atoms with Crippen molar-refractivity contribution in [2.24, 2.45) is 5.92 Å². The number of hydrogen-bond acceptors (Lipinski definition) is 3. The molecular weight excluding hydrogens is 230 g/mol. The van der Waals surface area contributed by atoms with Crippen LogP contribution >= 0.6 is 0 Å². The summed E-state index contributed by atoms with van der Waals surface area (Å²) < 4.78 is 7.46. The molecule has 0 fully saturated rings. The van der Waals surface area contributed by atoms with Crippen molar-refractivity contribution in [2.75, 3.05) is 19.8 Å². The second-order valence-electron chi connectivity index (χ2n) is 4.60. The minimum Gasteiger partial charge on any atom is -0.377 e. The molecule has 0 radical (unpaired) electrons. The van der Waals surface area contributed by atoms with E-state index in [1.54, 1.807) is 19.2 Å². The summed E-state index contributed by atoms with van der Waals surface area (Å²) >= 11 is 0. The van der Waals surface area contributed by atoms with Gasteiger partial charge in [-0.05, 0) is 6.07 Å². The molecule has 98 valence electrons. The van der Waals surface area contributed by atoms with Crippen LogP contribution in [0.3, 0.4) is 0 Å². The van der Waals surface area contributed by atoms with Gasteiger partial charge >= 0.3 is 0 Å². The fourth-order valence-corrected chi connectivity index (χ4v) is 2.20. The first kappa shape index (κ1) is 12.8. The molecule has 5 nitrogen and oxygen atoms in total. The van der Waals surface area contributed by atoms with Crippen molar-refractivity contribution in [2.45, 2.75) is 20.0 Å². The van der Waals surface area contributed by atoms with Crippen LogP contribution in [0.1, 0.15) is 12.6 Å². The van der Waals surface area contributed by atoms with Gasteiger partial charge in [-0.25, -0.2) is 0 Å². The number of nitrogens with zero attached hydrogens (tertiary/aromatic N) is 3. The average molecular weight is 249 g/mol. The lowest BCUT2D eigenvalue weighted by Gasteiger charge is -2.22. The third-order valence-electron chi connectivity index (χ3n) is 3.10. The molecule has 1 aromatic rings. The normalized spacial score (nSPS) is 19.2. The number of fused-ring (bicyclic) bond motifs is 1. The molecule has 1 aliphatic rings. The molecule has 2 rings (SSSR count). The molecule has 0 saturated carbocycles. The van der Waals surface area contributed by atoms with Crippen LogP contribution in [-0.2, 0) is 22.6 Å². The van der Waals surface area contributed by atoms with Gasteiger partial charge in [0, 0.05) is 32.1 Å². The minimum absolute atomic E-state index is 0.0957. The van der Waals surface area contributed by atoms with Crippen LogP contribution in [0.2, 0.25) is 0 Å². The summed E-state index contributed by atoms with van der Waals surface area (Å²) in [5.41, 5.74) is 1.08. The quantitative estimate of drug-likeness (QED) is 0.592. The maximum Gasteiger partial charge on any atom is 0.219 e. The van der Waals surface area contributed by atoms with E-state index < -0.39 is 0 Å². The highest BCUT2D eigenvalue weighted by Gasteiger charge is 2.23. The molecular formula is C13H19N3O2. The molecule has 1 atom stereocenters. The topological polar surface area (TPSA) is 47.4 Å². The van der Waals surface area contributed by atoms with Crippen LogP contribution in [0.25, 0.3) is 0 Å². The largest absolute Gasteiger partial charge is 0.377 e. The summed E-state index contributed by atoms with van der Waals surface area (Å²) in [4.78, 5) is 13.4. The summed E-state index contributed by atoms with van der Waals surface area (Å²) in [6.07, 6.45) is 3.51. The molecule has 2 heterocycles. The molecule has 1 aliphatic heterocycles. The molecule has 0 bridgehead atoms. The van der Waals surface area contributed by atoms with Crippen molar-refractivity contribution in [3.63, 3.8) is 0 Å². The van der Waals surface area contributed by atoms with Gasteiger partial charge in [0.2, 0.25) is 5.91 Å². The SMILES string of the molecule is C=CCOCC1CN(C(C)=O)Cc2ccnn2C1. The molecule has 0 saturated heterocycles. The van der Waals surface area contributed by atoms with Gasteiger partial charge in [-0.15, -0.1) is 6.58 Å². The molecule has 0 aliphatic carbocycles. The second-order valence-corrected chi connectivity index (χ2v) is 4.60. The lowest BCUT2D eigenvalue weighted by molar-refractivity contribution is -0.130. The van der Waals surface area contributed by atoms with Crippen molar-refractivity contribution in [1.29, 1.82) is 0 Å². The Kier molecular flexibility index (Phi) is 4.15. The zero-order chi connectivity index (χ0) is 13.0. The third-order valence-corrected chi connectivity index (χ3v) is 3.10. The molecule has 5 heteroatoms. The first-order valence-electron chi connectivity index (χ1n) is 6.15. The Balaban J connectivity index is 2.07. The maximum atomic E-state index is 11.6. The molecule has 1 unspecified atom stereocenters. The van der Waals surface area contributed by atoms with E-state index in [1.165, 1.54) is 0 Å². The van der Waals surface area contributed by atoms with E-state index in [0.29, 0.717) is 19.8 Å². The fraction of sp³-hybridized carbons (Fsp3) is 0.538. The van der Waals surface area contributed by atoms with E-state index in [0.717, 1.165) is 18.8 Å². The summed E-state index contributed by atoms with van der Waals surface area (Å²) in [6.45, 7) is 8.54. The Morgan fingerprint density at radius 3 is 3.22 bits per heavy atom. The first-order chi connectivity index (χ1) is 8.70. The Morgan fingerprint density at radius 1 is 1.67 bits per heavy atom. The summed E-state index contributed by atoms with van der Waals surface area (Å²) in [7, 11) is 0. The van der Waals surface area contributed by atoms with Gasteiger partial charge in [0.15, 0.2) is 0 Å². The Labute approximate surface area is 107 Å². The number of carbonyl (C=O) groups excluding carboxylic acids is 1.